The van der Waals surface area contributed by atoms with Crippen LogP contribution in [-0.4, -0.2) is 51.1 Å². The van der Waals surface area contributed by atoms with Gasteiger partial charge in [-0.05, 0) is 37.4 Å². The summed E-state index contributed by atoms with van der Waals surface area (Å²) in [6.07, 6.45) is -4.55. The number of nitrogens with one attached hydrogen (secondary N) is 1. The minimum Gasteiger partial charge on any atom is -0.497 e. The third-order valence-electron chi connectivity index (χ3n) is 4.74. The number of amides is 1. The molecule has 28 heavy (non-hydrogen) atoms. The van der Waals surface area contributed by atoms with Crippen molar-refractivity contribution in [3.8, 4) is 5.75 Å². The zero-order valence-corrected chi connectivity index (χ0v) is 15.7. The van der Waals surface area contributed by atoms with Gasteiger partial charge in [0.25, 0.3) is 5.91 Å². The molecule has 0 aromatic heterocycles. The zero-order valence-electron chi connectivity index (χ0n) is 15.7. The van der Waals surface area contributed by atoms with Crippen LogP contribution in [-0.2, 0) is 6.18 Å². The highest BCUT2D eigenvalue weighted by molar-refractivity contribution is 6.04. The fraction of sp³-hybridized carbons (Fsp3) is 0.350. The van der Waals surface area contributed by atoms with Crippen molar-refractivity contribution in [2.75, 3.05) is 50.6 Å². The van der Waals surface area contributed by atoms with E-state index in [2.05, 4.69) is 10.2 Å². The Morgan fingerprint density at radius 2 is 1.79 bits per heavy atom. The molecule has 8 heteroatoms. The van der Waals surface area contributed by atoms with Crippen LogP contribution < -0.4 is 15.0 Å². The highest BCUT2D eigenvalue weighted by Crippen LogP contribution is 2.37. The van der Waals surface area contributed by atoms with E-state index in [-0.39, 0.29) is 11.3 Å². The topological polar surface area (TPSA) is 44.8 Å². The first-order chi connectivity index (χ1) is 13.3. The number of methoxy groups -OCH3 is 1. The SMILES string of the molecule is COc1cccc(NC(=O)c2ccc(N3CCN(C)CC3)c(C(F)(F)F)c2)c1. The molecule has 2 aromatic carbocycles. The Morgan fingerprint density at radius 1 is 1.07 bits per heavy atom. The summed E-state index contributed by atoms with van der Waals surface area (Å²) in [4.78, 5) is 16.3. The normalized spacial score (nSPS) is 15.4. The van der Waals surface area contributed by atoms with E-state index < -0.39 is 17.6 Å². The molecule has 0 radical (unpaired) electrons. The predicted molar refractivity (Wildman–Crippen MR) is 102 cm³/mol. The molecule has 0 bridgehead atoms. The van der Waals surface area contributed by atoms with Gasteiger partial charge in [-0.3, -0.25) is 4.79 Å². The smallest absolute Gasteiger partial charge is 0.418 e. The standard InChI is InChI=1S/C20H22F3N3O2/c1-25-8-10-26(11-9-25)18-7-6-14(12-17(18)20(21,22)23)19(27)24-15-4-3-5-16(13-15)28-2/h3-7,12-13H,8-11H2,1-2H3,(H,24,27). The lowest BCUT2D eigenvalue weighted by Gasteiger charge is -2.35. The van der Waals surface area contributed by atoms with Gasteiger partial charge in [0.05, 0.1) is 12.7 Å². The predicted octanol–water partition coefficient (Wildman–Crippen LogP) is 3.72. The van der Waals surface area contributed by atoms with Crippen LogP contribution in [0.2, 0.25) is 0 Å². The zero-order chi connectivity index (χ0) is 20.3. The number of anilines is 2. The first-order valence-electron chi connectivity index (χ1n) is 8.88. The summed E-state index contributed by atoms with van der Waals surface area (Å²) in [5.74, 6) is -0.0668. The van der Waals surface area contributed by atoms with Crippen LogP contribution >= 0.6 is 0 Å². The molecule has 0 saturated carbocycles. The molecular weight excluding hydrogens is 371 g/mol. The quantitative estimate of drug-likeness (QED) is 0.860. The average molecular weight is 393 g/mol. The molecule has 0 atom stereocenters. The molecule has 1 heterocycles. The van der Waals surface area contributed by atoms with E-state index in [1.54, 1.807) is 29.2 Å². The van der Waals surface area contributed by atoms with Gasteiger partial charge in [0.1, 0.15) is 5.75 Å². The summed E-state index contributed by atoms with van der Waals surface area (Å²) in [6, 6.07) is 10.4. The van der Waals surface area contributed by atoms with Gasteiger partial charge < -0.3 is 19.9 Å². The average Bonchev–Trinajstić information content (AvgIpc) is 2.67. The van der Waals surface area contributed by atoms with Crippen molar-refractivity contribution in [1.82, 2.24) is 4.90 Å². The molecule has 1 aliphatic rings. The van der Waals surface area contributed by atoms with Gasteiger partial charge >= 0.3 is 6.18 Å². The second-order valence-electron chi connectivity index (χ2n) is 6.71. The van der Waals surface area contributed by atoms with Gasteiger partial charge in [-0.2, -0.15) is 13.2 Å². The number of piperazine rings is 1. The number of halogens is 3. The number of nitrogens with zero attached hydrogens (tertiary/aromatic N) is 2. The van der Waals surface area contributed by atoms with E-state index in [4.69, 9.17) is 4.74 Å². The van der Waals surface area contributed by atoms with E-state index in [9.17, 15) is 18.0 Å². The molecule has 1 N–H and O–H groups in total. The Bertz CT molecular complexity index is 847. The number of rotatable bonds is 4. The number of hydrogen-bond acceptors (Lipinski definition) is 4. The first-order valence-corrected chi connectivity index (χ1v) is 8.88. The summed E-state index contributed by atoms with van der Waals surface area (Å²) in [7, 11) is 3.43. The Morgan fingerprint density at radius 3 is 2.43 bits per heavy atom. The van der Waals surface area contributed by atoms with Crippen LogP contribution in [0.1, 0.15) is 15.9 Å². The number of carbonyl (C=O) groups is 1. The van der Waals surface area contributed by atoms with Crippen molar-refractivity contribution >= 4 is 17.3 Å². The third-order valence-corrected chi connectivity index (χ3v) is 4.74. The van der Waals surface area contributed by atoms with Crippen molar-refractivity contribution in [2.24, 2.45) is 0 Å². The van der Waals surface area contributed by atoms with Gasteiger partial charge in [0.15, 0.2) is 0 Å². The molecule has 1 amide bonds. The number of alkyl halides is 3. The summed E-state index contributed by atoms with van der Waals surface area (Å²) < 4.78 is 46.1. The number of carbonyl (C=O) groups excluding carboxylic acids is 1. The summed E-state index contributed by atoms with van der Waals surface area (Å²) in [6.45, 7) is 2.40. The van der Waals surface area contributed by atoms with Crippen LogP contribution in [0.4, 0.5) is 24.5 Å². The minimum absolute atomic E-state index is 0.0481. The Kier molecular flexibility index (Phi) is 5.79. The van der Waals surface area contributed by atoms with Gasteiger partial charge in [-0.1, -0.05) is 6.07 Å². The Hall–Kier alpha value is -2.74. The van der Waals surface area contributed by atoms with Crippen molar-refractivity contribution in [3.63, 3.8) is 0 Å². The molecule has 1 saturated heterocycles. The molecule has 5 nitrogen and oxygen atoms in total. The molecule has 1 fully saturated rings. The molecule has 0 aliphatic carbocycles. The maximum absolute atomic E-state index is 13.7. The van der Waals surface area contributed by atoms with Crippen LogP contribution in [0.5, 0.6) is 5.75 Å². The second kappa shape index (κ2) is 8.10. The summed E-state index contributed by atoms with van der Waals surface area (Å²) >= 11 is 0. The second-order valence-corrected chi connectivity index (χ2v) is 6.71. The van der Waals surface area contributed by atoms with E-state index in [0.717, 1.165) is 6.07 Å². The van der Waals surface area contributed by atoms with E-state index in [0.29, 0.717) is 37.6 Å². The molecule has 150 valence electrons. The largest absolute Gasteiger partial charge is 0.497 e. The minimum atomic E-state index is -4.55. The number of hydrogen-bond donors (Lipinski definition) is 1. The Labute approximate surface area is 161 Å². The van der Waals surface area contributed by atoms with Crippen LogP contribution in [0, 0.1) is 0 Å². The summed E-state index contributed by atoms with van der Waals surface area (Å²) in [5, 5.41) is 2.61. The van der Waals surface area contributed by atoms with Gasteiger partial charge in [-0.25, -0.2) is 0 Å². The molecule has 0 spiro atoms. The van der Waals surface area contributed by atoms with E-state index in [1.807, 2.05) is 7.05 Å². The molecule has 2 aromatic rings. The van der Waals surface area contributed by atoms with Crippen LogP contribution in [0.15, 0.2) is 42.5 Å². The lowest BCUT2D eigenvalue weighted by Crippen LogP contribution is -2.45. The van der Waals surface area contributed by atoms with Gasteiger partial charge in [0.2, 0.25) is 0 Å². The van der Waals surface area contributed by atoms with E-state index in [1.165, 1.54) is 19.2 Å². The molecule has 3 rings (SSSR count). The van der Waals surface area contributed by atoms with Crippen molar-refractivity contribution < 1.29 is 22.7 Å². The van der Waals surface area contributed by atoms with Crippen molar-refractivity contribution in [1.29, 1.82) is 0 Å². The van der Waals surface area contributed by atoms with Crippen LogP contribution in [0.25, 0.3) is 0 Å². The number of benzene rings is 2. The van der Waals surface area contributed by atoms with Gasteiger partial charge in [0, 0.05) is 49.2 Å². The maximum Gasteiger partial charge on any atom is 0.418 e. The Balaban J connectivity index is 1.86. The van der Waals surface area contributed by atoms with Crippen LogP contribution in [0.3, 0.4) is 0 Å². The number of ether oxygens (including phenoxy) is 1. The van der Waals surface area contributed by atoms with Gasteiger partial charge in [-0.15, -0.1) is 0 Å². The van der Waals surface area contributed by atoms with Crippen molar-refractivity contribution in [3.05, 3.63) is 53.6 Å². The molecule has 0 unspecified atom stereocenters. The lowest BCUT2D eigenvalue weighted by molar-refractivity contribution is -0.137. The fourth-order valence-electron chi connectivity index (χ4n) is 3.13. The van der Waals surface area contributed by atoms with E-state index >= 15 is 0 Å². The molecular formula is C20H22F3N3O2. The maximum atomic E-state index is 13.7. The van der Waals surface area contributed by atoms with Crippen molar-refractivity contribution in [2.45, 2.75) is 6.18 Å². The number of likely N-dealkylation sites (N-methyl/N-ethyl adjacent to an activating group) is 1. The summed E-state index contributed by atoms with van der Waals surface area (Å²) in [5.41, 5.74) is -0.289. The molecule has 1 aliphatic heterocycles. The first kappa shape index (κ1) is 20.0. The fourth-order valence-corrected chi connectivity index (χ4v) is 3.13. The third kappa shape index (κ3) is 4.56. The monoisotopic (exact) mass is 393 g/mol. The highest BCUT2D eigenvalue weighted by atomic mass is 19.4. The highest BCUT2D eigenvalue weighted by Gasteiger charge is 2.36. The lowest BCUT2D eigenvalue weighted by atomic mass is 10.1.